The maximum atomic E-state index is 5.78. The Labute approximate surface area is 129 Å². The normalized spacial score (nSPS) is 12.6. The molecular weight excluding hydrogens is 272 g/mol. The minimum Gasteiger partial charge on any atom is -0.197 e. The second kappa shape index (κ2) is 5.69. The molecule has 1 heterocycles. The van der Waals surface area contributed by atoms with E-state index in [1.165, 1.54) is 10.7 Å². The number of hydrogen-bond donors (Lipinski definition) is 0. The van der Waals surface area contributed by atoms with Crippen molar-refractivity contribution in [2.45, 2.75) is 58.2 Å². The zero-order valence-corrected chi connectivity index (χ0v) is 15.0. The summed E-state index contributed by atoms with van der Waals surface area (Å²) in [5.74, 6) is 0. The largest absolute Gasteiger partial charge is 0.197 e. The van der Waals surface area contributed by atoms with Gasteiger partial charge < -0.3 is 0 Å². The molecule has 0 aliphatic carbocycles. The molecule has 2 nitrogen and oxygen atoms in total. The number of aromatic nitrogens is 2. The van der Waals surface area contributed by atoms with Gasteiger partial charge in [0.2, 0.25) is 0 Å². The van der Waals surface area contributed by atoms with Crippen LogP contribution in [0.1, 0.15) is 41.5 Å². The van der Waals surface area contributed by atoms with E-state index in [2.05, 4.69) is 70.9 Å². The van der Waals surface area contributed by atoms with Crippen LogP contribution in [0.5, 0.6) is 0 Å². The van der Waals surface area contributed by atoms with Crippen molar-refractivity contribution in [2.75, 3.05) is 0 Å². The number of rotatable bonds is 4. The molecule has 0 saturated carbocycles. The first-order valence-corrected chi connectivity index (χ1v) is 10.0. The Kier molecular flexibility index (Phi) is 4.29. The van der Waals surface area contributed by atoms with Gasteiger partial charge in [0.1, 0.15) is 8.07 Å². The minimum absolute atomic E-state index is 0.615. The molecule has 0 fully saturated rings. The molecule has 0 radical (unpaired) electrons. The summed E-state index contributed by atoms with van der Waals surface area (Å²) in [4.78, 5) is 0. The van der Waals surface area contributed by atoms with Gasteiger partial charge in [-0.05, 0) is 22.7 Å². The van der Waals surface area contributed by atoms with Gasteiger partial charge in [-0.3, -0.25) is 0 Å². The fraction of sp³-hybridized carbons (Fsp3) is 0.500. The third-order valence-corrected chi connectivity index (χ3v) is 12.0. The molecular formula is C18H26N2Si. The average molecular weight is 299 g/mol. The van der Waals surface area contributed by atoms with E-state index >= 15 is 0 Å². The predicted molar refractivity (Wildman–Crippen MR) is 94.6 cm³/mol. The highest BCUT2D eigenvalue weighted by atomic mass is 28.3. The van der Waals surface area contributed by atoms with Crippen molar-refractivity contribution in [2.24, 2.45) is 0 Å². The van der Waals surface area contributed by atoms with Gasteiger partial charge in [-0.25, -0.2) is 0 Å². The van der Waals surface area contributed by atoms with Gasteiger partial charge in [0.25, 0.3) is 0 Å². The monoisotopic (exact) mass is 298 g/mol. The fourth-order valence-electron chi connectivity index (χ4n) is 4.36. The lowest BCUT2D eigenvalue weighted by Crippen LogP contribution is -2.58. The van der Waals surface area contributed by atoms with Crippen molar-refractivity contribution >= 4 is 24.3 Å². The summed E-state index contributed by atoms with van der Waals surface area (Å²) >= 11 is 0. The second-order valence-corrected chi connectivity index (χ2v) is 12.6. The van der Waals surface area contributed by atoms with Crippen LogP contribution in [0.4, 0.5) is 0 Å². The molecule has 1 aromatic carbocycles. The number of nitrogens with zero attached hydrogens (tertiary/aromatic N) is 2. The highest BCUT2D eigenvalue weighted by molar-refractivity contribution is 6.96. The van der Waals surface area contributed by atoms with E-state index in [0.717, 1.165) is 5.52 Å². The molecule has 0 aliphatic rings. The molecule has 0 amide bonds. The minimum atomic E-state index is -1.82. The maximum Gasteiger partial charge on any atom is 0.120 e. The van der Waals surface area contributed by atoms with Gasteiger partial charge in [0.15, 0.2) is 0 Å². The summed E-state index contributed by atoms with van der Waals surface area (Å²) in [6, 6.07) is 11.2. The van der Waals surface area contributed by atoms with Crippen LogP contribution >= 0.6 is 0 Å². The van der Waals surface area contributed by atoms with Crippen molar-refractivity contribution in [3.05, 3.63) is 24.3 Å². The van der Waals surface area contributed by atoms with Gasteiger partial charge in [-0.1, -0.05) is 66.2 Å². The Balaban J connectivity index is 2.92. The predicted octanol–water partition coefficient (Wildman–Crippen LogP) is 4.36. The molecule has 0 bridgehead atoms. The SMILES string of the molecule is C#Cn1nc2ccccc2c1[Si](C(C)C)(C(C)C)C(C)C. The maximum absolute atomic E-state index is 5.78. The smallest absolute Gasteiger partial charge is 0.120 e. The Morgan fingerprint density at radius 1 is 1.00 bits per heavy atom. The van der Waals surface area contributed by atoms with E-state index in [4.69, 9.17) is 6.42 Å². The van der Waals surface area contributed by atoms with Crippen molar-refractivity contribution in [3.63, 3.8) is 0 Å². The first kappa shape index (κ1) is 15.8. The van der Waals surface area contributed by atoms with Crippen LogP contribution in [0.25, 0.3) is 10.9 Å². The zero-order valence-electron chi connectivity index (χ0n) is 14.0. The first-order valence-electron chi connectivity index (χ1n) is 7.82. The molecule has 21 heavy (non-hydrogen) atoms. The van der Waals surface area contributed by atoms with Crippen LogP contribution in [0.3, 0.4) is 0 Å². The Hall–Kier alpha value is -1.53. The molecule has 2 aromatic rings. The summed E-state index contributed by atoms with van der Waals surface area (Å²) in [5.41, 5.74) is 2.86. The van der Waals surface area contributed by atoms with Crippen molar-refractivity contribution in [3.8, 4) is 12.5 Å². The topological polar surface area (TPSA) is 17.8 Å². The van der Waals surface area contributed by atoms with E-state index in [9.17, 15) is 0 Å². The third kappa shape index (κ3) is 2.22. The van der Waals surface area contributed by atoms with E-state index in [0.29, 0.717) is 16.6 Å². The summed E-state index contributed by atoms with van der Waals surface area (Å²) in [5, 5.41) is 7.24. The Bertz CT molecular complexity index is 652. The lowest BCUT2D eigenvalue weighted by molar-refractivity contribution is 0.819. The summed E-state index contributed by atoms with van der Waals surface area (Å²) < 4.78 is 1.83. The van der Waals surface area contributed by atoms with Crippen LogP contribution < -0.4 is 5.32 Å². The number of benzene rings is 1. The number of fused-ring (bicyclic) bond motifs is 1. The molecule has 0 spiro atoms. The highest BCUT2D eigenvalue weighted by Crippen LogP contribution is 2.42. The zero-order chi connectivity index (χ0) is 15.8. The molecule has 0 atom stereocenters. The molecule has 2 rings (SSSR count). The second-order valence-electron chi connectivity index (χ2n) is 6.80. The Morgan fingerprint density at radius 3 is 2.00 bits per heavy atom. The molecule has 0 aliphatic heterocycles. The Morgan fingerprint density at radius 2 is 1.52 bits per heavy atom. The van der Waals surface area contributed by atoms with Crippen LogP contribution in [0.15, 0.2) is 24.3 Å². The van der Waals surface area contributed by atoms with E-state index in [1.54, 1.807) is 0 Å². The summed E-state index contributed by atoms with van der Waals surface area (Å²) in [6.45, 7) is 14.1. The van der Waals surface area contributed by atoms with Gasteiger partial charge in [0.05, 0.1) is 5.52 Å². The number of terminal acetylenes is 1. The van der Waals surface area contributed by atoms with Crippen molar-refractivity contribution in [1.82, 2.24) is 9.78 Å². The van der Waals surface area contributed by atoms with Crippen molar-refractivity contribution in [1.29, 1.82) is 0 Å². The molecule has 0 unspecified atom stereocenters. The molecule has 0 N–H and O–H groups in total. The summed E-state index contributed by atoms with van der Waals surface area (Å²) in [7, 11) is -1.82. The van der Waals surface area contributed by atoms with Crippen LogP contribution in [-0.2, 0) is 0 Å². The van der Waals surface area contributed by atoms with E-state index < -0.39 is 8.07 Å². The van der Waals surface area contributed by atoms with Gasteiger partial charge in [-0.15, -0.1) is 0 Å². The highest BCUT2D eigenvalue weighted by Gasteiger charge is 2.48. The fourth-order valence-corrected chi connectivity index (χ4v) is 11.2. The van der Waals surface area contributed by atoms with E-state index in [-0.39, 0.29) is 0 Å². The van der Waals surface area contributed by atoms with Gasteiger partial charge >= 0.3 is 0 Å². The molecule has 112 valence electrons. The summed E-state index contributed by atoms with van der Waals surface area (Å²) in [6.07, 6.45) is 5.78. The van der Waals surface area contributed by atoms with E-state index in [1.807, 2.05) is 10.7 Å². The lowest BCUT2D eigenvalue weighted by Gasteiger charge is -2.42. The van der Waals surface area contributed by atoms with Crippen LogP contribution in [-0.4, -0.2) is 17.9 Å². The quantitative estimate of drug-likeness (QED) is 0.606. The average Bonchev–Trinajstić information content (AvgIpc) is 2.77. The van der Waals surface area contributed by atoms with Crippen molar-refractivity contribution < 1.29 is 0 Å². The molecule has 3 heteroatoms. The standard InChI is InChI=1S/C18H26N2Si/c1-8-20-18(16-11-9-10-12-17(16)19-20)21(13(2)3,14(4)5)15(6)7/h1,9-15H,2-7H3. The van der Waals surface area contributed by atoms with Crippen LogP contribution in [0.2, 0.25) is 16.6 Å². The third-order valence-electron chi connectivity index (χ3n) is 4.98. The molecule has 0 saturated heterocycles. The van der Waals surface area contributed by atoms with Crippen LogP contribution in [0, 0.1) is 12.5 Å². The van der Waals surface area contributed by atoms with Gasteiger partial charge in [-0.2, -0.15) is 9.78 Å². The lowest BCUT2D eigenvalue weighted by atomic mass is 10.3. The molecule has 1 aromatic heterocycles. The van der Waals surface area contributed by atoms with Gasteiger partial charge in [0, 0.05) is 16.7 Å². The number of hydrogen-bond acceptors (Lipinski definition) is 1. The first-order chi connectivity index (χ1) is 9.87.